The first-order valence-corrected chi connectivity index (χ1v) is 4.03. The van der Waals surface area contributed by atoms with Crippen LogP contribution in [0.4, 0.5) is 8.78 Å². The average molecular weight is 208 g/mol. The normalized spacial score (nSPS) is 17.2. The first-order valence-electron chi connectivity index (χ1n) is 3.65. The quantitative estimate of drug-likeness (QED) is 0.700. The Kier molecular flexibility index (Phi) is 2.71. The highest BCUT2D eigenvalue weighted by Crippen LogP contribution is 2.23. The summed E-state index contributed by atoms with van der Waals surface area (Å²) < 4.78 is 25.1. The molecule has 0 atom stereocenters. The maximum Gasteiger partial charge on any atom is 0.307 e. The van der Waals surface area contributed by atoms with Gasteiger partial charge in [0.1, 0.15) is 5.16 Å². The molecule has 0 aromatic carbocycles. The summed E-state index contributed by atoms with van der Waals surface area (Å²) in [6.07, 6.45) is 2.86. The van der Waals surface area contributed by atoms with Gasteiger partial charge in [0.2, 0.25) is 5.78 Å². The third-order valence-electron chi connectivity index (χ3n) is 1.54. The highest BCUT2D eigenvalue weighted by atomic mass is 35.5. The fraction of sp³-hybridized carbons (Fsp3) is 0.375. The number of alkyl halides is 2. The third-order valence-corrected chi connectivity index (χ3v) is 1.88. The summed E-state index contributed by atoms with van der Waals surface area (Å²) in [4.78, 5) is 11.0. The van der Waals surface area contributed by atoms with Crippen molar-refractivity contribution in [2.24, 2.45) is 0 Å². The smallest absolute Gasteiger partial charge is 0.307 e. The van der Waals surface area contributed by atoms with Crippen LogP contribution in [0.15, 0.2) is 22.9 Å². The number of Topliss-reactive ketones (excluding diaryl/α,β-unsaturated/α-hetero) is 1. The first kappa shape index (κ1) is 10.2. The van der Waals surface area contributed by atoms with Crippen LogP contribution in [0.3, 0.4) is 0 Å². The molecule has 1 rings (SSSR count). The Hall–Kier alpha value is -0.900. The largest absolute Gasteiger partial charge is 0.372 e. The summed E-state index contributed by atoms with van der Waals surface area (Å²) in [6, 6.07) is 0. The molecule has 1 N–H and O–H groups in total. The molecule has 0 saturated heterocycles. The zero-order valence-corrected chi connectivity index (χ0v) is 7.66. The van der Waals surface area contributed by atoms with E-state index in [-0.39, 0.29) is 10.7 Å². The molecule has 0 aromatic rings. The van der Waals surface area contributed by atoms with Crippen LogP contribution in [0.1, 0.15) is 6.92 Å². The molecule has 0 radical (unpaired) electrons. The molecular formula is C8H8ClF2NO. The van der Waals surface area contributed by atoms with Crippen LogP contribution in [-0.2, 0) is 4.79 Å². The minimum absolute atomic E-state index is 0.0194. The Balaban J connectivity index is 2.95. The third kappa shape index (κ3) is 2.28. The molecule has 0 fully saturated rings. The highest BCUT2D eigenvalue weighted by molar-refractivity contribution is 6.32. The molecular weight excluding hydrogens is 200 g/mol. The van der Waals surface area contributed by atoms with Gasteiger partial charge in [0.15, 0.2) is 0 Å². The van der Waals surface area contributed by atoms with E-state index in [1.54, 1.807) is 6.08 Å². The molecule has 0 amide bonds. The van der Waals surface area contributed by atoms with Gasteiger partial charge in [-0.2, -0.15) is 8.78 Å². The Bertz CT molecular complexity index is 291. The maximum absolute atomic E-state index is 12.6. The topological polar surface area (TPSA) is 29.1 Å². The van der Waals surface area contributed by atoms with E-state index < -0.39 is 11.7 Å². The van der Waals surface area contributed by atoms with Gasteiger partial charge < -0.3 is 5.32 Å². The van der Waals surface area contributed by atoms with E-state index >= 15 is 0 Å². The summed E-state index contributed by atoms with van der Waals surface area (Å²) in [7, 11) is 0. The number of nitrogens with one attached hydrogen (secondary N) is 1. The standard InChI is InChI=1S/C8H8ClF2NO/c1-8(10,11)6(13)5-3-2-4-12-7(5)9/h2-3,12H,4H2,1H3. The predicted molar refractivity (Wildman–Crippen MR) is 45.6 cm³/mol. The van der Waals surface area contributed by atoms with E-state index in [1.807, 2.05) is 0 Å². The van der Waals surface area contributed by atoms with Crippen molar-refractivity contribution in [2.45, 2.75) is 12.8 Å². The van der Waals surface area contributed by atoms with Crippen molar-refractivity contribution in [1.29, 1.82) is 0 Å². The Morgan fingerprint density at radius 1 is 1.69 bits per heavy atom. The monoisotopic (exact) mass is 207 g/mol. The molecule has 1 aliphatic heterocycles. The fourth-order valence-corrected chi connectivity index (χ4v) is 1.13. The lowest BCUT2D eigenvalue weighted by Gasteiger charge is -2.14. The molecule has 0 aromatic heterocycles. The Morgan fingerprint density at radius 2 is 2.31 bits per heavy atom. The van der Waals surface area contributed by atoms with Gasteiger partial charge in [0.05, 0.1) is 5.57 Å². The Morgan fingerprint density at radius 3 is 2.77 bits per heavy atom. The number of dihydropyridines is 1. The highest BCUT2D eigenvalue weighted by Gasteiger charge is 2.35. The lowest BCUT2D eigenvalue weighted by atomic mass is 10.1. The second kappa shape index (κ2) is 3.46. The molecule has 0 bridgehead atoms. The summed E-state index contributed by atoms with van der Waals surface area (Å²) >= 11 is 5.55. The van der Waals surface area contributed by atoms with Crippen LogP contribution >= 0.6 is 11.6 Å². The summed E-state index contributed by atoms with van der Waals surface area (Å²) in [6.45, 7) is 1.000. The minimum Gasteiger partial charge on any atom is -0.372 e. The molecule has 0 saturated carbocycles. The van der Waals surface area contributed by atoms with Gasteiger partial charge in [0.25, 0.3) is 0 Å². The van der Waals surface area contributed by atoms with Crippen LogP contribution in [-0.4, -0.2) is 18.3 Å². The van der Waals surface area contributed by atoms with Crippen LogP contribution < -0.4 is 5.32 Å². The van der Waals surface area contributed by atoms with E-state index in [9.17, 15) is 13.6 Å². The van der Waals surface area contributed by atoms with Crippen molar-refractivity contribution in [1.82, 2.24) is 5.32 Å². The van der Waals surface area contributed by atoms with Gasteiger partial charge in [-0.3, -0.25) is 4.79 Å². The van der Waals surface area contributed by atoms with Gasteiger partial charge >= 0.3 is 5.92 Å². The number of halogens is 3. The van der Waals surface area contributed by atoms with Crippen molar-refractivity contribution in [2.75, 3.05) is 6.54 Å². The van der Waals surface area contributed by atoms with E-state index in [0.29, 0.717) is 13.5 Å². The molecule has 5 heteroatoms. The lowest BCUT2D eigenvalue weighted by Crippen LogP contribution is -2.29. The molecule has 72 valence electrons. The van der Waals surface area contributed by atoms with Gasteiger partial charge in [-0.05, 0) is 0 Å². The number of carbonyl (C=O) groups is 1. The molecule has 13 heavy (non-hydrogen) atoms. The number of hydrogen-bond donors (Lipinski definition) is 1. The fourth-order valence-electron chi connectivity index (χ4n) is 0.906. The van der Waals surface area contributed by atoms with E-state index in [4.69, 9.17) is 11.6 Å². The molecule has 1 heterocycles. The number of carbonyl (C=O) groups excluding carboxylic acids is 1. The van der Waals surface area contributed by atoms with Gasteiger partial charge in [0, 0.05) is 13.5 Å². The number of hydrogen-bond acceptors (Lipinski definition) is 2. The van der Waals surface area contributed by atoms with E-state index in [1.165, 1.54) is 6.08 Å². The maximum atomic E-state index is 12.6. The van der Waals surface area contributed by atoms with Crippen molar-refractivity contribution in [3.8, 4) is 0 Å². The molecule has 0 unspecified atom stereocenters. The van der Waals surface area contributed by atoms with Crippen molar-refractivity contribution in [3.05, 3.63) is 22.9 Å². The van der Waals surface area contributed by atoms with Crippen LogP contribution in [0.2, 0.25) is 0 Å². The predicted octanol–water partition coefficient (Wildman–Crippen LogP) is 1.82. The van der Waals surface area contributed by atoms with Crippen molar-refractivity contribution >= 4 is 17.4 Å². The number of rotatable bonds is 2. The second-order valence-corrected chi connectivity index (χ2v) is 3.11. The first-order chi connectivity index (χ1) is 5.93. The van der Waals surface area contributed by atoms with E-state index in [0.717, 1.165) is 0 Å². The second-order valence-electron chi connectivity index (χ2n) is 2.73. The number of allylic oxidation sites excluding steroid dienone is 2. The zero-order chi connectivity index (χ0) is 10.1. The van der Waals surface area contributed by atoms with Crippen LogP contribution in [0, 0.1) is 0 Å². The van der Waals surface area contributed by atoms with Gasteiger partial charge in [-0.1, -0.05) is 23.8 Å². The molecule has 1 aliphatic rings. The zero-order valence-electron chi connectivity index (χ0n) is 6.90. The number of ketones is 1. The van der Waals surface area contributed by atoms with Crippen LogP contribution in [0.5, 0.6) is 0 Å². The SMILES string of the molecule is CC(F)(F)C(=O)C1=C(Cl)NCC=C1. The summed E-state index contributed by atoms with van der Waals surface area (Å²) in [5, 5.41) is 2.57. The van der Waals surface area contributed by atoms with Crippen molar-refractivity contribution in [3.63, 3.8) is 0 Å². The van der Waals surface area contributed by atoms with E-state index in [2.05, 4.69) is 5.32 Å². The van der Waals surface area contributed by atoms with Gasteiger partial charge in [-0.15, -0.1) is 0 Å². The lowest BCUT2D eigenvalue weighted by molar-refractivity contribution is -0.136. The van der Waals surface area contributed by atoms with Gasteiger partial charge in [-0.25, -0.2) is 0 Å². The summed E-state index contributed by atoms with van der Waals surface area (Å²) in [5.74, 6) is -4.64. The summed E-state index contributed by atoms with van der Waals surface area (Å²) in [5.41, 5.74) is -0.166. The van der Waals surface area contributed by atoms with Crippen molar-refractivity contribution < 1.29 is 13.6 Å². The average Bonchev–Trinajstić information content (AvgIpc) is 2.02. The Labute approximate surface area is 79.3 Å². The molecule has 0 spiro atoms. The van der Waals surface area contributed by atoms with Crippen LogP contribution in [0.25, 0.3) is 0 Å². The molecule has 0 aliphatic carbocycles. The molecule has 2 nitrogen and oxygen atoms in total. The minimum atomic E-state index is -3.38.